The van der Waals surface area contributed by atoms with E-state index in [9.17, 15) is 26.3 Å². The fraction of sp³-hybridized carbons (Fsp3) is 0.143. The molecule has 2 aromatic rings. The molecule has 24 heavy (non-hydrogen) atoms. The molecular weight excluding hydrogens is 342 g/mol. The van der Waals surface area contributed by atoms with Crippen LogP contribution in [0.15, 0.2) is 48.5 Å². The van der Waals surface area contributed by atoms with Gasteiger partial charge in [-0.3, -0.25) is 0 Å². The quantitative estimate of drug-likeness (QED) is 0.592. The first-order valence-corrected chi connectivity index (χ1v) is 6.34. The van der Waals surface area contributed by atoms with Crippen LogP contribution in [0.4, 0.5) is 37.7 Å². The molecule has 4 nitrogen and oxygen atoms in total. The molecule has 2 aromatic carbocycles. The second-order valence-electron chi connectivity index (χ2n) is 4.39. The minimum absolute atomic E-state index is 0.373. The predicted octanol–water partition coefficient (Wildman–Crippen LogP) is 4.92. The maximum atomic E-state index is 12.0. The van der Waals surface area contributed by atoms with Crippen molar-refractivity contribution in [2.75, 3.05) is 10.9 Å². The molecule has 0 saturated carbocycles. The summed E-state index contributed by atoms with van der Waals surface area (Å²) in [5, 5.41) is 0. The minimum atomic E-state index is -4.77. The third-order valence-corrected chi connectivity index (χ3v) is 2.53. The molecule has 0 heterocycles. The first-order chi connectivity index (χ1) is 11.1. The monoisotopic (exact) mass is 352 g/mol. The molecule has 0 radical (unpaired) electrons. The summed E-state index contributed by atoms with van der Waals surface area (Å²) in [7, 11) is 0. The van der Waals surface area contributed by atoms with Crippen LogP contribution in [0.2, 0.25) is 0 Å². The number of anilines is 2. The molecule has 0 aliphatic heterocycles. The van der Waals surface area contributed by atoms with Crippen LogP contribution in [0.25, 0.3) is 0 Å². The number of alkyl halides is 6. The van der Waals surface area contributed by atoms with Gasteiger partial charge in [0.2, 0.25) is 0 Å². The number of halogens is 6. The van der Waals surface area contributed by atoms with Crippen molar-refractivity contribution in [3.05, 3.63) is 48.5 Å². The third-order valence-electron chi connectivity index (χ3n) is 2.53. The first kappa shape index (κ1) is 17.6. The Labute approximate surface area is 132 Å². The van der Waals surface area contributed by atoms with Crippen molar-refractivity contribution >= 4 is 11.4 Å². The van der Waals surface area contributed by atoms with E-state index in [-0.39, 0.29) is 11.5 Å². The molecule has 2 N–H and O–H groups in total. The van der Waals surface area contributed by atoms with Gasteiger partial charge in [-0.1, -0.05) is 0 Å². The van der Waals surface area contributed by atoms with Crippen molar-refractivity contribution in [1.82, 2.24) is 0 Å². The van der Waals surface area contributed by atoms with Gasteiger partial charge in [0.15, 0.2) is 0 Å². The van der Waals surface area contributed by atoms with Crippen LogP contribution in [-0.4, -0.2) is 12.7 Å². The maximum absolute atomic E-state index is 12.0. The van der Waals surface area contributed by atoms with E-state index in [2.05, 4.69) is 20.3 Å². The van der Waals surface area contributed by atoms with Gasteiger partial charge in [0.25, 0.3) is 0 Å². The lowest BCUT2D eigenvalue weighted by Crippen LogP contribution is -2.17. The van der Waals surface area contributed by atoms with Crippen LogP contribution in [0, 0.1) is 0 Å². The average molecular weight is 352 g/mol. The molecule has 130 valence electrons. The zero-order chi connectivity index (χ0) is 17.8. The molecule has 0 amide bonds. The van der Waals surface area contributed by atoms with E-state index in [0.29, 0.717) is 11.4 Å². The summed E-state index contributed by atoms with van der Waals surface area (Å²) >= 11 is 0. The Kier molecular flexibility index (Phi) is 4.96. The number of hydrogen-bond acceptors (Lipinski definition) is 4. The zero-order valence-electron chi connectivity index (χ0n) is 11.7. The normalized spacial score (nSPS) is 11.8. The van der Waals surface area contributed by atoms with E-state index in [0.717, 1.165) is 24.3 Å². The van der Waals surface area contributed by atoms with Gasteiger partial charge in [0, 0.05) is 0 Å². The molecule has 0 unspecified atom stereocenters. The largest absolute Gasteiger partial charge is 0.573 e. The Morgan fingerprint density at radius 2 is 0.833 bits per heavy atom. The molecule has 0 bridgehead atoms. The van der Waals surface area contributed by atoms with E-state index in [4.69, 9.17) is 0 Å². The SMILES string of the molecule is FC(F)(F)Oc1ccc(NNc2ccc(OC(F)(F)F)cc2)cc1. The summed E-state index contributed by atoms with van der Waals surface area (Å²) < 4.78 is 79.5. The smallest absolute Gasteiger partial charge is 0.406 e. The van der Waals surface area contributed by atoms with Crippen molar-refractivity contribution in [3.63, 3.8) is 0 Å². The first-order valence-electron chi connectivity index (χ1n) is 6.34. The second-order valence-corrected chi connectivity index (χ2v) is 4.39. The van der Waals surface area contributed by atoms with Crippen LogP contribution >= 0.6 is 0 Å². The molecule has 0 atom stereocenters. The van der Waals surface area contributed by atoms with E-state index in [1.54, 1.807) is 0 Å². The average Bonchev–Trinajstić information content (AvgIpc) is 2.45. The van der Waals surface area contributed by atoms with Crippen LogP contribution in [0.3, 0.4) is 0 Å². The Bertz CT molecular complexity index is 593. The predicted molar refractivity (Wildman–Crippen MR) is 73.5 cm³/mol. The standard InChI is InChI=1S/C14H10F6N2O2/c15-13(16,17)23-11-5-1-9(2-6-11)21-22-10-3-7-12(8-4-10)24-14(18,19)20/h1-8,21-22H. The van der Waals surface area contributed by atoms with E-state index in [1.165, 1.54) is 24.3 Å². The van der Waals surface area contributed by atoms with E-state index >= 15 is 0 Å². The van der Waals surface area contributed by atoms with Crippen molar-refractivity contribution in [2.24, 2.45) is 0 Å². The fourth-order valence-corrected chi connectivity index (χ4v) is 1.62. The topological polar surface area (TPSA) is 42.5 Å². The zero-order valence-corrected chi connectivity index (χ0v) is 11.7. The summed E-state index contributed by atoms with van der Waals surface area (Å²) in [6.45, 7) is 0. The van der Waals surface area contributed by atoms with E-state index in [1.807, 2.05) is 0 Å². The minimum Gasteiger partial charge on any atom is -0.406 e. The highest BCUT2D eigenvalue weighted by Gasteiger charge is 2.31. The maximum Gasteiger partial charge on any atom is 0.573 e. The number of ether oxygens (including phenoxy) is 2. The summed E-state index contributed by atoms with van der Waals surface area (Å²) in [4.78, 5) is 0. The van der Waals surface area contributed by atoms with Crippen LogP contribution in [0.1, 0.15) is 0 Å². The Morgan fingerprint density at radius 1 is 0.542 bits per heavy atom. The summed E-state index contributed by atoms with van der Waals surface area (Å²) in [5.74, 6) is -0.747. The Balaban J connectivity index is 1.89. The molecule has 0 spiro atoms. The summed E-state index contributed by atoms with van der Waals surface area (Å²) in [5.41, 5.74) is 6.17. The van der Waals surface area contributed by atoms with Gasteiger partial charge >= 0.3 is 12.7 Å². The second kappa shape index (κ2) is 6.77. The molecule has 0 aliphatic rings. The molecule has 2 rings (SSSR count). The molecule has 0 aromatic heterocycles. The van der Waals surface area contributed by atoms with Gasteiger partial charge in [-0.2, -0.15) is 0 Å². The van der Waals surface area contributed by atoms with Crippen molar-refractivity contribution in [2.45, 2.75) is 12.7 Å². The Hall–Kier alpha value is -2.78. The van der Waals surface area contributed by atoms with Crippen molar-refractivity contribution in [3.8, 4) is 11.5 Å². The number of benzene rings is 2. The molecular formula is C14H10F6N2O2. The van der Waals surface area contributed by atoms with Gasteiger partial charge in [-0.15, -0.1) is 26.3 Å². The van der Waals surface area contributed by atoms with Crippen LogP contribution in [0.5, 0.6) is 11.5 Å². The van der Waals surface area contributed by atoms with Crippen LogP contribution < -0.4 is 20.3 Å². The van der Waals surface area contributed by atoms with E-state index < -0.39 is 12.7 Å². The van der Waals surface area contributed by atoms with Crippen molar-refractivity contribution in [1.29, 1.82) is 0 Å². The van der Waals surface area contributed by atoms with Gasteiger partial charge in [0.1, 0.15) is 11.5 Å². The number of hydrazine groups is 1. The lowest BCUT2D eigenvalue weighted by Gasteiger charge is -2.13. The van der Waals surface area contributed by atoms with Crippen LogP contribution in [-0.2, 0) is 0 Å². The molecule has 0 aliphatic carbocycles. The highest BCUT2D eigenvalue weighted by atomic mass is 19.4. The molecule has 0 fully saturated rings. The fourth-order valence-electron chi connectivity index (χ4n) is 1.62. The van der Waals surface area contributed by atoms with Gasteiger partial charge in [-0.05, 0) is 48.5 Å². The number of hydrogen-bond donors (Lipinski definition) is 2. The molecule has 10 heteroatoms. The lowest BCUT2D eigenvalue weighted by molar-refractivity contribution is -0.275. The van der Waals surface area contributed by atoms with Gasteiger partial charge in [0.05, 0.1) is 11.4 Å². The Morgan fingerprint density at radius 3 is 1.08 bits per heavy atom. The van der Waals surface area contributed by atoms with Gasteiger partial charge in [-0.25, -0.2) is 0 Å². The number of nitrogens with one attached hydrogen (secondary N) is 2. The summed E-state index contributed by atoms with van der Waals surface area (Å²) in [6, 6.07) is 9.75. The molecule has 0 saturated heterocycles. The van der Waals surface area contributed by atoms with Gasteiger partial charge < -0.3 is 20.3 Å². The summed E-state index contributed by atoms with van der Waals surface area (Å²) in [6.07, 6.45) is -9.54. The number of rotatable bonds is 5. The highest BCUT2D eigenvalue weighted by molar-refractivity contribution is 5.54. The lowest BCUT2D eigenvalue weighted by atomic mass is 10.3. The van der Waals surface area contributed by atoms with Crippen molar-refractivity contribution < 1.29 is 35.8 Å². The highest BCUT2D eigenvalue weighted by Crippen LogP contribution is 2.25. The third kappa shape index (κ3) is 6.15.